The molecule has 2 rings (SSSR count). The fraction of sp³-hybridized carbons (Fsp3) is 0.625. The van der Waals surface area contributed by atoms with Gasteiger partial charge in [-0.05, 0) is 23.8 Å². The van der Waals surface area contributed by atoms with Gasteiger partial charge in [0.05, 0.1) is 6.61 Å². The highest BCUT2D eigenvalue weighted by Crippen LogP contribution is 2.31. The lowest BCUT2D eigenvalue weighted by Crippen LogP contribution is -2.41. The molecule has 0 bridgehead atoms. The molecule has 1 aliphatic rings. The van der Waals surface area contributed by atoms with Crippen LogP contribution in [0.2, 0.25) is 0 Å². The molecule has 1 heterocycles. The summed E-state index contributed by atoms with van der Waals surface area (Å²) >= 11 is 5.68. The monoisotopic (exact) mass is 372 g/mol. The maximum atomic E-state index is 5.09. The maximum absolute atomic E-state index is 5.09. The normalized spacial score (nSPS) is 22.6. The summed E-state index contributed by atoms with van der Waals surface area (Å²) in [5.41, 5.74) is 2.72. The van der Waals surface area contributed by atoms with Gasteiger partial charge in [-0.2, -0.15) is 11.8 Å². The Hall–Kier alpha value is -0.230. The van der Waals surface area contributed by atoms with E-state index in [2.05, 4.69) is 70.0 Å². The summed E-state index contributed by atoms with van der Waals surface area (Å²) in [6.45, 7) is 9.40. The number of anilines is 1. The molecular formula is C16H25BrN2OS. The van der Waals surface area contributed by atoms with Crippen LogP contribution in [0.15, 0.2) is 22.7 Å². The number of halogens is 1. The molecule has 1 aromatic carbocycles. The molecule has 1 saturated heterocycles. The predicted molar refractivity (Wildman–Crippen MR) is 96.5 cm³/mol. The molecule has 118 valence electrons. The van der Waals surface area contributed by atoms with E-state index in [0.717, 1.165) is 37.3 Å². The quantitative estimate of drug-likeness (QED) is 0.772. The van der Waals surface area contributed by atoms with Gasteiger partial charge in [-0.3, -0.25) is 0 Å². The van der Waals surface area contributed by atoms with Crippen LogP contribution >= 0.6 is 27.7 Å². The Kier molecular flexibility index (Phi) is 6.86. The number of nitrogens with one attached hydrogen (secondary N) is 1. The molecular weight excluding hydrogens is 348 g/mol. The van der Waals surface area contributed by atoms with Crippen LogP contribution in [0.25, 0.3) is 0 Å². The fourth-order valence-electron chi connectivity index (χ4n) is 2.78. The summed E-state index contributed by atoms with van der Waals surface area (Å²) in [5, 5.41) is 4.83. The molecule has 0 aromatic heterocycles. The smallest absolute Gasteiger partial charge is 0.0587 e. The number of thioether (sulfide) groups is 1. The Balaban J connectivity index is 2.10. The molecule has 1 aromatic rings. The van der Waals surface area contributed by atoms with Gasteiger partial charge in [0.2, 0.25) is 0 Å². The van der Waals surface area contributed by atoms with Gasteiger partial charge in [0.25, 0.3) is 0 Å². The van der Waals surface area contributed by atoms with Crippen LogP contribution in [-0.2, 0) is 11.3 Å². The summed E-state index contributed by atoms with van der Waals surface area (Å²) in [7, 11) is 1.74. The number of methoxy groups -OCH3 is 1. The lowest BCUT2D eigenvalue weighted by molar-refractivity contribution is 0.199. The van der Waals surface area contributed by atoms with Gasteiger partial charge < -0.3 is 15.0 Å². The highest BCUT2D eigenvalue weighted by atomic mass is 79.9. The molecule has 1 N–H and O–H groups in total. The van der Waals surface area contributed by atoms with Crippen molar-refractivity contribution in [3.8, 4) is 0 Å². The minimum atomic E-state index is 0.687. The van der Waals surface area contributed by atoms with Gasteiger partial charge in [-0.1, -0.05) is 29.8 Å². The van der Waals surface area contributed by atoms with Crippen LogP contribution in [0.4, 0.5) is 5.69 Å². The molecule has 2 atom stereocenters. The third kappa shape index (κ3) is 5.16. The summed E-state index contributed by atoms with van der Waals surface area (Å²) < 4.78 is 6.23. The van der Waals surface area contributed by atoms with Crippen LogP contribution < -0.4 is 10.2 Å². The standard InChI is InChI=1S/C16H25BrN2OS/c1-12-10-19(11-13(2)21-12)16-5-4-15(17)8-14(16)9-18-6-7-20-3/h4-5,8,12-13,18H,6-7,9-11H2,1-3H3. The van der Waals surface area contributed by atoms with E-state index in [1.165, 1.54) is 11.3 Å². The molecule has 0 spiro atoms. The van der Waals surface area contributed by atoms with Crippen molar-refractivity contribution in [3.05, 3.63) is 28.2 Å². The average Bonchev–Trinajstić information content (AvgIpc) is 2.42. The van der Waals surface area contributed by atoms with Crippen LogP contribution in [0, 0.1) is 0 Å². The summed E-state index contributed by atoms with van der Waals surface area (Å²) in [5.74, 6) is 0. The SMILES string of the molecule is COCCNCc1cc(Br)ccc1N1CC(C)SC(C)C1. The van der Waals surface area contributed by atoms with E-state index in [-0.39, 0.29) is 0 Å². The minimum absolute atomic E-state index is 0.687. The lowest BCUT2D eigenvalue weighted by Gasteiger charge is -2.37. The second-order valence-corrected chi connectivity index (χ2v) is 8.40. The van der Waals surface area contributed by atoms with Crippen molar-refractivity contribution < 1.29 is 4.74 Å². The van der Waals surface area contributed by atoms with Crippen molar-refractivity contribution in [2.45, 2.75) is 30.9 Å². The molecule has 2 unspecified atom stereocenters. The Labute approximate surface area is 140 Å². The van der Waals surface area contributed by atoms with Crippen molar-refractivity contribution in [3.63, 3.8) is 0 Å². The molecule has 0 amide bonds. The van der Waals surface area contributed by atoms with Crippen LogP contribution in [0.5, 0.6) is 0 Å². The maximum Gasteiger partial charge on any atom is 0.0587 e. The molecule has 0 radical (unpaired) electrons. The lowest BCUT2D eigenvalue weighted by atomic mass is 10.1. The van der Waals surface area contributed by atoms with Crippen molar-refractivity contribution >= 4 is 33.4 Å². The molecule has 0 aliphatic carbocycles. The van der Waals surface area contributed by atoms with E-state index < -0.39 is 0 Å². The topological polar surface area (TPSA) is 24.5 Å². The Morgan fingerprint density at radius 3 is 2.71 bits per heavy atom. The van der Waals surface area contributed by atoms with Gasteiger partial charge in [0.1, 0.15) is 0 Å². The molecule has 1 aliphatic heterocycles. The molecule has 5 heteroatoms. The molecule has 1 fully saturated rings. The number of benzene rings is 1. The molecule has 0 saturated carbocycles. The van der Waals surface area contributed by atoms with Crippen LogP contribution in [-0.4, -0.2) is 43.9 Å². The first kappa shape index (κ1) is 17.1. The highest BCUT2D eigenvalue weighted by molar-refractivity contribution is 9.10. The zero-order valence-electron chi connectivity index (χ0n) is 13.1. The Morgan fingerprint density at radius 1 is 1.33 bits per heavy atom. The number of ether oxygens (including phenoxy) is 1. The summed E-state index contributed by atoms with van der Waals surface area (Å²) in [4.78, 5) is 2.53. The second-order valence-electron chi connectivity index (χ2n) is 5.60. The number of rotatable bonds is 6. The van der Waals surface area contributed by atoms with E-state index in [1.807, 2.05) is 0 Å². The zero-order chi connectivity index (χ0) is 15.2. The number of hydrogen-bond donors (Lipinski definition) is 1. The fourth-order valence-corrected chi connectivity index (χ4v) is 4.51. The van der Waals surface area contributed by atoms with Gasteiger partial charge in [0.15, 0.2) is 0 Å². The summed E-state index contributed by atoms with van der Waals surface area (Å²) in [6.07, 6.45) is 0. The molecule has 21 heavy (non-hydrogen) atoms. The van der Waals surface area contributed by atoms with E-state index in [0.29, 0.717) is 10.5 Å². The third-order valence-corrected chi connectivity index (χ3v) is 5.32. The van der Waals surface area contributed by atoms with E-state index in [9.17, 15) is 0 Å². The van der Waals surface area contributed by atoms with E-state index in [1.54, 1.807) is 7.11 Å². The Morgan fingerprint density at radius 2 is 2.05 bits per heavy atom. The Bertz CT molecular complexity index is 448. The van der Waals surface area contributed by atoms with Crippen molar-refractivity contribution in [1.29, 1.82) is 0 Å². The highest BCUT2D eigenvalue weighted by Gasteiger charge is 2.23. The van der Waals surface area contributed by atoms with Crippen molar-refractivity contribution in [1.82, 2.24) is 5.32 Å². The second kappa shape index (κ2) is 8.42. The molecule has 3 nitrogen and oxygen atoms in total. The average molecular weight is 373 g/mol. The minimum Gasteiger partial charge on any atom is -0.383 e. The van der Waals surface area contributed by atoms with Gasteiger partial charge in [-0.25, -0.2) is 0 Å². The predicted octanol–water partition coefficient (Wildman–Crippen LogP) is 3.52. The number of hydrogen-bond acceptors (Lipinski definition) is 4. The van der Waals surface area contributed by atoms with E-state index >= 15 is 0 Å². The van der Waals surface area contributed by atoms with Crippen molar-refractivity contribution in [2.24, 2.45) is 0 Å². The van der Waals surface area contributed by atoms with Gasteiger partial charge in [0, 0.05) is 53.9 Å². The first-order valence-electron chi connectivity index (χ1n) is 7.48. The van der Waals surface area contributed by atoms with Crippen LogP contribution in [0.3, 0.4) is 0 Å². The van der Waals surface area contributed by atoms with E-state index in [4.69, 9.17) is 4.74 Å². The number of nitrogens with zero attached hydrogens (tertiary/aromatic N) is 1. The summed E-state index contributed by atoms with van der Waals surface area (Å²) in [6, 6.07) is 6.62. The zero-order valence-corrected chi connectivity index (χ0v) is 15.5. The largest absolute Gasteiger partial charge is 0.383 e. The first-order chi connectivity index (χ1) is 10.1. The van der Waals surface area contributed by atoms with Gasteiger partial charge in [-0.15, -0.1) is 0 Å². The third-order valence-electron chi connectivity index (χ3n) is 3.60. The van der Waals surface area contributed by atoms with Gasteiger partial charge >= 0.3 is 0 Å². The van der Waals surface area contributed by atoms with Crippen molar-refractivity contribution in [2.75, 3.05) is 38.3 Å². The first-order valence-corrected chi connectivity index (χ1v) is 9.22. The van der Waals surface area contributed by atoms with Crippen LogP contribution in [0.1, 0.15) is 19.4 Å².